The Labute approximate surface area is 185 Å². The van der Waals surface area contributed by atoms with Gasteiger partial charge in [0.1, 0.15) is 6.54 Å². The second kappa shape index (κ2) is 8.71. The van der Waals surface area contributed by atoms with Crippen molar-refractivity contribution >= 4 is 45.0 Å². The van der Waals surface area contributed by atoms with Crippen LogP contribution in [0.15, 0.2) is 82.6 Å². The van der Waals surface area contributed by atoms with Gasteiger partial charge < -0.3 is 5.32 Å². The number of sulfonamides is 1. The van der Waals surface area contributed by atoms with Crippen LogP contribution in [0.5, 0.6) is 0 Å². The van der Waals surface area contributed by atoms with Gasteiger partial charge in [0.25, 0.3) is 10.0 Å². The molecular formula is C22H19ClN2O3S2. The van der Waals surface area contributed by atoms with Crippen LogP contribution in [0.2, 0.25) is 5.02 Å². The van der Waals surface area contributed by atoms with E-state index in [0.717, 1.165) is 10.5 Å². The Kier molecular flexibility index (Phi) is 6.04. The minimum absolute atomic E-state index is 0.217. The first kappa shape index (κ1) is 20.8. The largest absolute Gasteiger partial charge is 0.354 e. The molecule has 4 rings (SSSR count). The molecule has 0 bridgehead atoms. The lowest BCUT2D eigenvalue weighted by Gasteiger charge is -2.31. The minimum Gasteiger partial charge on any atom is -0.354 e. The normalized spacial score (nSPS) is 14.0. The van der Waals surface area contributed by atoms with Crippen LogP contribution in [-0.4, -0.2) is 33.2 Å². The molecule has 0 spiro atoms. The minimum atomic E-state index is -3.81. The van der Waals surface area contributed by atoms with Gasteiger partial charge in [0.15, 0.2) is 0 Å². The van der Waals surface area contributed by atoms with Crippen molar-refractivity contribution in [2.45, 2.75) is 9.79 Å². The first-order valence-electron chi connectivity index (χ1n) is 9.33. The highest BCUT2D eigenvalue weighted by atomic mass is 35.5. The summed E-state index contributed by atoms with van der Waals surface area (Å²) in [5, 5.41) is 3.49. The van der Waals surface area contributed by atoms with E-state index in [1.54, 1.807) is 42.1 Å². The van der Waals surface area contributed by atoms with Gasteiger partial charge in [0, 0.05) is 33.3 Å². The quantitative estimate of drug-likeness (QED) is 0.438. The molecule has 0 atom stereocenters. The molecule has 0 radical (unpaired) electrons. The van der Waals surface area contributed by atoms with Crippen LogP contribution < -0.4 is 9.62 Å². The Hall–Kier alpha value is -2.48. The summed E-state index contributed by atoms with van der Waals surface area (Å²) in [5.41, 5.74) is 1.97. The number of para-hydroxylation sites is 1. The van der Waals surface area contributed by atoms with Gasteiger partial charge in [-0.1, -0.05) is 48.0 Å². The van der Waals surface area contributed by atoms with Gasteiger partial charge in [-0.15, -0.1) is 11.8 Å². The van der Waals surface area contributed by atoms with Crippen LogP contribution in [-0.2, 0) is 14.8 Å². The van der Waals surface area contributed by atoms with Gasteiger partial charge in [-0.25, -0.2) is 8.42 Å². The molecule has 0 aliphatic carbocycles. The summed E-state index contributed by atoms with van der Waals surface area (Å²) in [4.78, 5) is 13.8. The summed E-state index contributed by atoms with van der Waals surface area (Å²) in [6, 6.07) is 21.6. The second-order valence-electron chi connectivity index (χ2n) is 6.68. The highest BCUT2D eigenvalue weighted by molar-refractivity contribution is 7.99. The summed E-state index contributed by atoms with van der Waals surface area (Å²) >= 11 is 7.47. The molecule has 1 heterocycles. The fraction of sp³-hybridized carbons (Fsp3) is 0.136. The lowest BCUT2D eigenvalue weighted by atomic mass is 10.0. The number of thioether (sulfide) groups is 1. The molecule has 1 N–H and O–H groups in total. The van der Waals surface area contributed by atoms with Crippen molar-refractivity contribution in [2.75, 3.05) is 23.1 Å². The lowest BCUT2D eigenvalue weighted by molar-refractivity contribution is -0.119. The molecule has 3 aromatic carbocycles. The van der Waals surface area contributed by atoms with Gasteiger partial charge in [-0.2, -0.15) is 0 Å². The van der Waals surface area contributed by atoms with E-state index < -0.39 is 10.0 Å². The van der Waals surface area contributed by atoms with E-state index in [9.17, 15) is 13.2 Å². The van der Waals surface area contributed by atoms with E-state index in [1.807, 2.05) is 42.5 Å². The number of anilines is 1. The fourth-order valence-corrected chi connectivity index (χ4v) is 5.87. The number of rotatable bonds is 6. The third-order valence-electron chi connectivity index (χ3n) is 4.71. The van der Waals surface area contributed by atoms with Gasteiger partial charge in [-0.05, 0) is 36.4 Å². The standard InChI is InChI=1S/C22H19ClN2O3S2/c23-16-9-11-17(12-10-16)29-14-13-24-22(26)15-25-20-7-3-1-5-18(20)19-6-2-4-8-21(19)30(25,27)28/h1-12H,13-15H2,(H,24,26). The molecule has 0 unspecified atom stereocenters. The number of hydrogen-bond acceptors (Lipinski definition) is 4. The van der Waals surface area contributed by atoms with Gasteiger partial charge in [-0.3, -0.25) is 9.10 Å². The smallest absolute Gasteiger partial charge is 0.265 e. The summed E-state index contributed by atoms with van der Waals surface area (Å²) in [6.45, 7) is 0.164. The maximum Gasteiger partial charge on any atom is 0.265 e. The van der Waals surface area contributed by atoms with Gasteiger partial charge in [0.05, 0.1) is 10.6 Å². The Morgan fingerprint density at radius 3 is 2.37 bits per heavy atom. The van der Waals surface area contributed by atoms with Gasteiger partial charge >= 0.3 is 0 Å². The number of hydrogen-bond donors (Lipinski definition) is 1. The first-order chi connectivity index (χ1) is 14.5. The molecule has 1 amide bonds. The number of halogens is 1. The predicted molar refractivity (Wildman–Crippen MR) is 122 cm³/mol. The van der Waals surface area contributed by atoms with E-state index in [-0.39, 0.29) is 17.3 Å². The molecule has 8 heteroatoms. The second-order valence-corrected chi connectivity index (χ2v) is 10.1. The van der Waals surface area contributed by atoms with Crippen molar-refractivity contribution in [3.05, 3.63) is 77.8 Å². The third kappa shape index (κ3) is 4.19. The number of nitrogens with zero attached hydrogens (tertiary/aromatic N) is 1. The van der Waals surface area contributed by atoms with Crippen LogP contribution >= 0.6 is 23.4 Å². The fourth-order valence-electron chi connectivity index (χ4n) is 3.33. The number of fused-ring (bicyclic) bond motifs is 3. The van der Waals surface area contributed by atoms with E-state index >= 15 is 0 Å². The molecule has 0 aromatic heterocycles. The highest BCUT2D eigenvalue weighted by Gasteiger charge is 2.35. The van der Waals surface area contributed by atoms with Gasteiger partial charge in [0.2, 0.25) is 5.91 Å². The van der Waals surface area contributed by atoms with E-state index in [1.165, 1.54) is 4.31 Å². The van der Waals surface area contributed by atoms with Crippen LogP contribution in [0.25, 0.3) is 11.1 Å². The number of nitrogens with one attached hydrogen (secondary N) is 1. The van der Waals surface area contributed by atoms with Crippen molar-refractivity contribution in [3.8, 4) is 11.1 Å². The summed E-state index contributed by atoms with van der Waals surface area (Å²) < 4.78 is 27.5. The van der Waals surface area contributed by atoms with Crippen LogP contribution in [0.1, 0.15) is 0 Å². The molecule has 30 heavy (non-hydrogen) atoms. The highest BCUT2D eigenvalue weighted by Crippen LogP contribution is 2.42. The van der Waals surface area contributed by atoms with Crippen molar-refractivity contribution in [1.29, 1.82) is 0 Å². The summed E-state index contributed by atoms with van der Waals surface area (Å²) in [5.74, 6) is 0.323. The van der Waals surface area contributed by atoms with Crippen molar-refractivity contribution in [2.24, 2.45) is 0 Å². The van der Waals surface area contributed by atoms with E-state index in [4.69, 9.17) is 11.6 Å². The topological polar surface area (TPSA) is 66.5 Å². The number of benzene rings is 3. The molecule has 0 saturated carbocycles. The zero-order chi connectivity index (χ0) is 21.1. The number of amides is 1. The average molecular weight is 459 g/mol. The van der Waals surface area contributed by atoms with Crippen molar-refractivity contribution < 1.29 is 13.2 Å². The van der Waals surface area contributed by atoms with Crippen LogP contribution in [0.4, 0.5) is 5.69 Å². The number of carbonyl (C=O) groups is 1. The van der Waals surface area contributed by atoms with Crippen LogP contribution in [0.3, 0.4) is 0 Å². The van der Waals surface area contributed by atoms with Crippen LogP contribution in [0, 0.1) is 0 Å². The Morgan fingerprint density at radius 1 is 0.933 bits per heavy atom. The van der Waals surface area contributed by atoms with E-state index in [0.29, 0.717) is 28.6 Å². The lowest BCUT2D eigenvalue weighted by Crippen LogP contribution is -2.43. The Balaban J connectivity index is 1.45. The molecule has 0 fully saturated rings. The molecule has 0 saturated heterocycles. The number of carbonyl (C=O) groups excluding carboxylic acids is 1. The maximum atomic E-state index is 13.2. The molecule has 1 aliphatic rings. The zero-order valence-electron chi connectivity index (χ0n) is 15.9. The average Bonchev–Trinajstić information content (AvgIpc) is 2.75. The Bertz CT molecular complexity index is 1180. The molecular weight excluding hydrogens is 440 g/mol. The SMILES string of the molecule is O=C(CN1c2ccccc2-c2ccccc2S1(=O)=O)NCCSc1ccc(Cl)cc1. The zero-order valence-corrected chi connectivity index (χ0v) is 18.3. The first-order valence-corrected chi connectivity index (χ1v) is 12.1. The van der Waals surface area contributed by atoms with E-state index in [2.05, 4.69) is 5.32 Å². The van der Waals surface area contributed by atoms with Crippen molar-refractivity contribution in [3.63, 3.8) is 0 Å². The summed E-state index contributed by atoms with van der Waals surface area (Å²) in [6.07, 6.45) is 0. The van der Waals surface area contributed by atoms with Crippen molar-refractivity contribution in [1.82, 2.24) is 5.32 Å². The molecule has 1 aliphatic heterocycles. The third-order valence-corrected chi connectivity index (χ3v) is 7.80. The molecule has 5 nitrogen and oxygen atoms in total. The molecule has 3 aromatic rings. The molecule has 154 valence electrons. The predicted octanol–water partition coefficient (Wildman–Crippen LogP) is 4.42. The Morgan fingerprint density at radius 2 is 1.60 bits per heavy atom. The maximum absolute atomic E-state index is 13.2. The summed E-state index contributed by atoms with van der Waals surface area (Å²) in [7, 11) is -3.81. The monoisotopic (exact) mass is 458 g/mol.